The van der Waals surface area contributed by atoms with Crippen molar-refractivity contribution < 1.29 is 28.9 Å². The van der Waals surface area contributed by atoms with Crippen molar-refractivity contribution in [3.8, 4) is 17.2 Å². The minimum atomic E-state index is -1.00. The molecule has 12 heteroatoms. The number of unbranched alkanes of at least 4 members (excludes halogenated alkanes) is 3. The van der Waals surface area contributed by atoms with Crippen molar-refractivity contribution in [2.45, 2.75) is 69.0 Å². The number of ketones is 1. The van der Waals surface area contributed by atoms with Crippen molar-refractivity contribution in [3.63, 3.8) is 0 Å². The maximum Gasteiger partial charge on any atom is 0.301 e. The number of hydrogen-bond donors (Lipinski definition) is 1. The van der Waals surface area contributed by atoms with Crippen LogP contribution in [0.4, 0.5) is 5.13 Å². The molecule has 9 nitrogen and oxygen atoms in total. The number of carbonyl (C=O) groups is 2. The quantitative estimate of drug-likeness (QED) is 0.0285. The number of aromatic nitrogens is 2. The van der Waals surface area contributed by atoms with Gasteiger partial charge in [0.05, 0.1) is 31.4 Å². The number of rotatable bonds is 17. The fourth-order valence-corrected chi connectivity index (χ4v) is 7.19. The van der Waals surface area contributed by atoms with E-state index in [0.29, 0.717) is 63.3 Å². The molecule has 1 atom stereocenters. The van der Waals surface area contributed by atoms with Gasteiger partial charge >= 0.3 is 5.91 Å². The summed E-state index contributed by atoms with van der Waals surface area (Å²) in [6.45, 7) is 7.59. The summed E-state index contributed by atoms with van der Waals surface area (Å²) < 4.78 is 18.4. The molecule has 0 bridgehead atoms. The Bertz CT molecular complexity index is 1760. The van der Waals surface area contributed by atoms with Gasteiger partial charge in [0.25, 0.3) is 5.78 Å². The molecule has 0 radical (unpaired) electrons. The minimum Gasteiger partial charge on any atom is -0.507 e. The largest absolute Gasteiger partial charge is 0.507 e. The van der Waals surface area contributed by atoms with Crippen LogP contribution in [0.1, 0.15) is 75.6 Å². The summed E-state index contributed by atoms with van der Waals surface area (Å²) in [4.78, 5) is 28.9. The van der Waals surface area contributed by atoms with E-state index < -0.39 is 17.7 Å². The number of Topliss-reactive ketones (excluding diaryl/α,β-unsaturated/α-hetero) is 1. The molecule has 0 saturated carbocycles. The zero-order valence-corrected chi connectivity index (χ0v) is 30.2. The summed E-state index contributed by atoms with van der Waals surface area (Å²) in [7, 11) is 0. The molecule has 1 N–H and O–H groups in total. The standard InChI is InChI=1S/C37H40ClN3O6S2/c1-4-7-9-21-47-29-19-14-26(22-30(29)45-6-3)32-31(33(42)25-12-17-28(18-13-25)46-20-8-5-2)34(43)35(44)41(32)36-39-40-37(49-36)48-23-24-10-15-27(38)16-11-24/h10-19,22,32,42H,4-9,20-21,23H2,1-3H3/t32-/m0/s1. The van der Waals surface area contributed by atoms with Crippen LogP contribution in [0.2, 0.25) is 5.02 Å². The van der Waals surface area contributed by atoms with Crippen LogP contribution >= 0.6 is 34.7 Å². The third kappa shape index (κ3) is 8.95. The van der Waals surface area contributed by atoms with Gasteiger partial charge in [-0.3, -0.25) is 14.5 Å². The van der Waals surface area contributed by atoms with Crippen LogP contribution < -0.4 is 19.1 Å². The van der Waals surface area contributed by atoms with Crippen LogP contribution in [-0.4, -0.2) is 46.8 Å². The lowest BCUT2D eigenvalue weighted by Crippen LogP contribution is -2.29. The highest BCUT2D eigenvalue weighted by molar-refractivity contribution is 8.00. The summed E-state index contributed by atoms with van der Waals surface area (Å²) in [5.41, 5.74) is 1.92. The second-order valence-electron chi connectivity index (χ2n) is 11.4. The van der Waals surface area contributed by atoms with Gasteiger partial charge in [-0.1, -0.05) is 86.0 Å². The molecule has 0 spiro atoms. The first-order chi connectivity index (χ1) is 23.8. The number of halogens is 1. The second kappa shape index (κ2) is 17.6. The summed E-state index contributed by atoms with van der Waals surface area (Å²) in [5, 5.41) is 21.2. The Labute approximate surface area is 300 Å². The number of hydrogen-bond acceptors (Lipinski definition) is 10. The Kier molecular flexibility index (Phi) is 13.0. The molecule has 49 heavy (non-hydrogen) atoms. The van der Waals surface area contributed by atoms with Crippen molar-refractivity contribution >= 4 is 57.3 Å². The molecular formula is C37H40ClN3O6S2. The number of ether oxygens (including phenoxy) is 3. The van der Waals surface area contributed by atoms with E-state index in [1.54, 1.807) is 42.5 Å². The molecule has 4 aromatic rings. The third-order valence-corrected chi connectivity index (χ3v) is 10.2. The Morgan fingerprint density at radius 2 is 1.61 bits per heavy atom. The van der Waals surface area contributed by atoms with Crippen molar-refractivity contribution in [1.29, 1.82) is 0 Å². The van der Waals surface area contributed by atoms with E-state index in [4.69, 9.17) is 25.8 Å². The first kappa shape index (κ1) is 36.2. The molecule has 1 amide bonds. The van der Waals surface area contributed by atoms with E-state index >= 15 is 0 Å². The van der Waals surface area contributed by atoms with E-state index in [0.717, 1.165) is 37.7 Å². The van der Waals surface area contributed by atoms with Crippen LogP contribution in [0.3, 0.4) is 0 Å². The number of amides is 1. The fourth-order valence-electron chi connectivity index (χ4n) is 5.24. The normalized spacial score (nSPS) is 15.5. The first-order valence-electron chi connectivity index (χ1n) is 16.5. The van der Waals surface area contributed by atoms with Crippen molar-refractivity contribution in [3.05, 3.63) is 94.0 Å². The summed E-state index contributed by atoms with van der Waals surface area (Å²) in [6.07, 6.45) is 4.95. The molecule has 1 fully saturated rings. The van der Waals surface area contributed by atoms with Gasteiger partial charge in [-0.2, -0.15) is 0 Å². The molecule has 258 valence electrons. The number of aliphatic hydroxyl groups excluding tert-OH is 1. The molecule has 2 heterocycles. The van der Waals surface area contributed by atoms with Crippen LogP contribution in [0, 0.1) is 0 Å². The second-order valence-corrected chi connectivity index (χ2v) is 14.0. The highest BCUT2D eigenvalue weighted by Crippen LogP contribution is 2.46. The molecule has 0 unspecified atom stereocenters. The Hall–Kier alpha value is -4.06. The lowest BCUT2D eigenvalue weighted by Gasteiger charge is -2.23. The van der Waals surface area contributed by atoms with E-state index in [1.807, 2.05) is 31.2 Å². The highest BCUT2D eigenvalue weighted by atomic mass is 35.5. The van der Waals surface area contributed by atoms with Gasteiger partial charge in [0.15, 0.2) is 15.8 Å². The molecule has 1 aromatic heterocycles. The number of anilines is 1. The fraction of sp³-hybridized carbons (Fsp3) is 0.351. The molecular weight excluding hydrogens is 682 g/mol. The lowest BCUT2D eigenvalue weighted by molar-refractivity contribution is -0.132. The van der Waals surface area contributed by atoms with Crippen LogP contribution in [-0.2, 0) is 15.3 Å². The van der Waals surface area contributed by atoms with Gasteiger partial charge in [0.1, 0.15) is 11.5 Å². The number of aliphatic hydroxyl groups is 1. The van der Waals surface area contributed by atoms with E-state index in [-0.39, 0.29) is 16.5 Å². The summed E-state index contributed by atoms with van der Waals surface area (Å²) in [5.74, 6) is 0.370. The van der Waals surface area contributed by atoms with Gasteiger partial charge in [0, 0.05) is 16.3 Å². The van der Waals surface area contributed by atoms with E-state index in [2.05, 4.69) is 24.0 Å². The molecule has 1 saturated heterocycles. The first-order valence-corrected chi connectivity index (χ1v) is 18.7. The predicted octanol–water partition coefficient (Wildman–Crippen LogP) is 9.26. The molecule has 3 aromatic carbocycles. The molecule has 5 rings (SSSR count). The average Bonchev–Trinajstić information content (AvgIpc) is 3.68. The lowest BCUT2D eigenvalue weighted by atomic mass is 9.95. The van der Waals surface area contributed by atoms with Crippen molar-refractivity contribution in [2.24, 2.45) is 0 Å². The third-order valence-electron chi connectivity index (χ3n) is 7.81. The predicted molar refractivity (Wildman–Crippen MR) is 195 cm³/mol. The van der Waals surface area contributed by atoms with Gasteiger partial charge in [0.2, 0.25) is 5.13 Å². The number of benzene rings is 3. The minimum absolute atomic E-state index is 0.0609. The monoisotopic (exact) mass is 721 g/mol. The van der Waals surface area contributed by atoms with E-state index in [1.165, 1.54) is 28.0 Å². The Morgan fingerprint density at radius 1 is 0.878 bits per heavy atom. The summed E-state index contributed by atoms with van der Waals surface area (Å²) >= 11 is 8.70. The van der Waals surface area contributed by atoms with Crippen molar-refractivity contribution in [1.82, 2.24) is 10.2 Å². The van der Waals surface area contributed by atoms with Crippen LogP contribution in [0.5, 0.6) is 17.2 Å². The van der Waals surface area contributed by atoms with Crippen molar-refractivity contribution in [2.75, 3.05) is 24.7 Å². The smallest absolute Gasteiger partial charge is 0.301 e. The maximum absolute atomic E-state index is 13.8. The molecule has 0 aliphatic carbocycles. The Morgan fingerprint density at radius 3 is 2.33 bits per heavy atom. The molecule has 1 aliphatic rings. The zero-order valence-electron chi connectivity index (χ0n) is 27.8. The van der Waals surface area contributed by atoms with Crippen LogP contribution in [0.15, 0.2) is 76.6 Å². The van der Waals surface area contributed by atoms with Gasteiger partial charge in [-0.05, 0) is 79.4 Å². The zero-order chi connectivity index (χ0) is 34.8. The molecule has 1 aliphatic heterocycles. The highest BCUT2D eigenvalue weighted by Gasteiger charge is 2.48. The number of nitrogens with zero attached hydrogens (tertiary/aromatic N) is 3. The van der Waals surface area contributed by atoms with Crippen LogP contribution in [0.25, 0.3) is 5.76 Å². The SMILES string of the molecule is CCCCCOc1ccc([C@H]2C(=C(O)c3ccc(OCCCC)cc3)C(=O)C(=O)N2c2nnc(SCc3ccc(Cl)cc3)s2)cc1OCC. The van der Waals surface area contributed by atoms with Gasteiger partial charge < -0.3 is 19.3 Å². The number of carbonyl (C=O) groups excluding carboxylic acids is 2. The van der Waals surface area contributed by atoms with Gasteiger partial charge in [-0.15, -0.1) is 10.2 Å². The number of thioether (sulfide) groups is 1. The average molecular weight is 722 g/mol. The topological polar surface area (TPSA) is 111 Å². The summed E-state index contributed by atoms with van der Waals surface area (Å²) in [6, 6.07) is 18.7. The maximum atomic E-state index is 13.8. The van der Waals surface area contributed by atoms with Gasteiger partial charge in [-0.25, -0.2) is 0 Å². The Balaban J connectivity index is 1.52. The van der Waals surface area contributed by atoms with E-state index in [9.17, 15) is 14.7 Å².